The maximum absolute atomic E-state index is 12.5. The van der Waals surface area contributed by atoms with Crippen molar-refractivity contribution in [2.45, 2.75) is 32.5 Å². The third-order valence-corrected chi connectivity index (χ3v) is 4.95. The van der Waals surface area contributed by atoms with Crippen molar-refractivity contribution in [3.8, 4) is 0 Å². The van der Waals surface area contributed by atoms with Gasteiger partial charge < -0.3 is 10.2 Å². The third-order valence-electron chi connectivity index (χ3n) is 4.95. The van der Waals surface area contributed by atoms with Gasteiger partial charge in [-0.25, -0.2) is 9.97 Å². The number of hydrogen-bond donors (Lipinski definition) is 1. The molecule has 2 amide bonds. The molecule has 1 aromatic carbocycles. The van der Waals surface area contributed by atoms with Crippen LogP contribution >= 0.6 is 0 Å². The molecule has 2 aromatic rings. The summed E-state index contributed by atoms with van der Waals surface area (Å²) in [4.78, 5) is 36.5. The van der Waals surface area contributed by atoms with Crippen molar-refractivity contribution in [3.63, 3.8) is 0 Å². The van der Waals surface area contributed by atoms with E-state index in [1.54, 1.807) is 17.2 Å². The first-order chi connectivity index (χ1) is 13.0. The van der Waals surface area contributed by atoms with Crippen LogP contribution in [0.1, 0.15) is 28.5 Å². The number of carbonyl (C=O) groups is 2. The minimum Gasteiger partial charge on any atom is -0.349 e. The van der Waals surface area contributed by atoms with Crippen LogP contribution in [0.2, 0.25) is 0 Å². The van der Waals surface area contributed by atoms with Gasteiger partial charge in [0.1, 0.15) is 12.0 Å². The standard InChI is InChI=1S/C20H25N5O2/c1-14-5-4-6-16(9-14)11-25-15(2)20(27)24(3)12-17(25)10-22-19(26)18-7-8-21-13-23-18/h4-9,13,15,17H,10-12H2,1-3H3,(H,22,26)/t15-,17+/m0/s1. The molecule has 0 bridgehead atoms. The summed E-state index contributed by atoms with van der Waals surface area (Å²) in [6.07, 6.45) is 2.90. The molecule has 0 spiro atoms. The minimum atomic E-state index is -0.245. The molecule has 7 heteroatoms. The summed E-state index contributed by atoms with van der Waals surface area (Å²) < 4.78 is 0. The molecule has 1 aromatic heterocycles. The Morgan fingerprint density at radius 3 is 2.85 bits per heavy atom. The first kappa shape index (κ1) is 19.0. The van der Waals surface area contributed by atoms with Crippen molar-refractivity contribution < 1.29 is 9.59 Å². The quantitative estimate of drug-likeness (QED) is 0.860. The second kappa shape index (κ2) is 8.26. The second-order valence-electron chi connectivity index (χ2n) is 7.01. The summed E-state index contributed by atoms with van der Waals surface area (Å²) in [7, 11) is 1.81. The third kappa shape index (κ3) is 4.49. The van der Waals surface area contributed by atoms with E-state index in [0.29, 0.717) is 25.3 Å². The smallest absolute Gasteiger partial charge is 0.270 e. The van der Waals surface area contributed by atoms with Crippen molar-refractivity contribution in [2.75, 3.05) is 20.1 Å². The molecule has 2 heterocycles. The van der Waals surface area contributed by atoms with Crippen LogP contribution in [0.5, 0.6) is 0 Å². The lowest BCUT2D eigenvalue weighted by Crippen LogP contribution is -2.62. The fourth-order valence-electron chi connectivity index (χ4n) is 3.48. The topological polar surface area (TPSA) is 78.4 Å². The van der Waals surface area contributed by atoms with Crippen LogP contribution in [-0.4, -0.2) is 63.8 Å². The number of aromatic nitrogens is 2. The van der Waals surface area contributed by atoms with Crippen molar-refractivity contribution in [1.82, 2.24) is 25.1 Å². The Hall–Kier alpha value is -2.80. The van der Waals surface area contributed by atoms with Gasteiger partial charge in [-0.15, -0.1) is 0 Å². The van der Waals surface area contributed by atoms with E-state index in [2.05, 4.69) is 45.3 Å². The molecule has 0 aliphatic carbocycles. The molecule has 0 unspecified atom stereocenters. The predicted octanol–water partition coefficient (Wildman–Crippen LogP) is 1.25. The predicted molar refractivity (Wildman–Crippen MR) is 102 cm³/mol. The molecule has 1 N–H and O–H groups in total. The van der Waals surface area contributed by atoms with Gasteiger partial charge in [-0.05, 0) is 25.5 Å². The number of aryl methyl sites for hydroxylation is 1. The highest BCUT2D eigenvalue weighted by Gasteiger charge is 2.36. The Bertz CT molecular complexity index is 811. The monoisotopic (exact) mass is 367 g/mol. The summed E-state index contributed by atoms with van der Waals surface area (Å²) in [5.74, 6) is -0.138. The molecular weight excluding hydrogens is 342 g/mol. The fourth-order valence-corrected chi connectivity index (χ4v) is 3.48. The molecular formula is C20H25N5O2. The number of carbonyl (C=O) groups excluding carboxylic acids is 2. The van der Waals surface area contributed by atoms with E-state index in [4.69, 9.17) is 0 Å². The Morgan fingerprint density at radius 1 is 1.33 bits per heavy atom. The zero-order valence-corrected chi connectivity index (χ0v) is 15.9. The normalized spacial score (nSPS) is 20.6. The summed E-state index contributed by atoms with van der Waals surface area (Å²) in [5, 5.41) is 2.94. The number of nitrogens with zero attached hydrogens (tertiary/aromatic N) is 4. The Kier molecular flexibility index (Phi) is 5.81. The lowest BCUT2D eigenvalue weighted by Gasteiger charge is -2.44. The van der Waals surface area contributed by atoms with E-state index in [1.807, 2.05) is 20.0 Å². The highest BCUT2D eigenvalue weighted by Crippen LogP contribution is 2.20. The molecule has 3 rings (SSSR count). The zero-order chi connectivity index (χ0) is 19.4. The van der Waals surface area contributed by atoms with E-state index in [-0.39, 0.29) is 23.9 Å². The van der Waals surface area contributed by atoms with Gasteiger partial charge >= 0.3 is 0 Å². The van der Waals surface area contributed by atoms with Gasteiger partial charge in [0.2, 0.25) is 5.91 Å². The molecule has 27 heavy (non-hydrogen) atoms. The molecule has 1 saturated heterocycles. The number of likely N-dealkylation sites (N-methyl/N-ethyl adjacent to an activating group) is 1. The maximum Gasteiger partial charge on any atom is 0.270 e. The first-order valence-corrected chi connectivity index (χ1v) is 9.06. The van der Waals surface area contributed by atoms with Crippen LogP contribution in [-0.2, 0) is 11.3 Å². The van der Waals surface area contributed by atoms with Gasteiger partial charge in [-0.1, -0.05) is 29.8 Å². The van der Waals surface area contributed by atoms with E-state index >= 15 is 0 Å². The Labute approximate surface area is 159 Å². The lowest BCUT2D eigenvalue weighted by atomic mass is 10.0. The average Bonchev–Trinajstić information content (AvgIpc) is 2.67. The van der Waals surface area contributed by atoms with E-state index in [1.165, 1.54) is 11.9 Å². The van der Waals surface area contributed by atoms with Crippen LogP contribution in [0.3, 0.4) is 0 Å². The SMILES string of the molecule is Cc1cccc(CN2[C@H](CNC(=O)c3ccncn3)CN(C)C(=O)[C@@H]2C)c1. The van der Waals surface area contributed by atoms with Gasteiger partial charge in [0.05, 0.1) is 6.04 Å². The fraction of sp³-hybridized carbons (Fsp3) is 0.400. The molecule has 0 radical (unpaired) electrons. The molecule has 2 atom stereocenters. The molecule has 7 nitrogen and oxygen atoms in total. The number of benzene rings is 1. The number of hydrogen-bond acceptors (Lipinski definition) is 5. The van der Waals surface area contributed by atoms with Crippen molar-refractivity contribution in [3.05, 3.63) is 59.7 Å². The lowest BCUT2D eigenvalue weighted by molar-refractivity contribution is -0.142. The minimum absolute atomic E-state index is 0.0222. The van der Waals surface area contributed by atoms with Gasteiger partial charge in [-0.3, -0.25) is 14.5 Å². The first-order valence-electron chi connectivity index (χ1n) is 9.06. The molecule has 1 fully saturated rings. The van der Waals surface area contributed by atoms with Crippen LogP contribution in [0.25, 0.3) is 0 Å². The van der Waals surface area contributed by atoms with Gasteiger partial charge in [-0.2, -0.15) is 0 Å². The Balaban J connectivity index is 1.73. The van der Waals surface area contributed by atoms with Gasteiger partial charge in [0.25, 0.3) is 5.91 Å². The highest BCUT2D eigenvalue weighted by molar-refractivity contribution is 5.92. The largest absolute Gasteiger partial charge is 0.349 e. The van der Waals surface area contributed by atoms with Crippen molar-refractivity contribution >= 4 is 11.8 Å². The molecule has 1 aliphatic heterocycles. The van der Waals surface area contributed by atoms with Crippen molar-refractivity contribution in [1.29, 1.82) is 0 Å². The molecule has 0 saturated carbocycles. The van der Waals surface area contributed by atoms with Crippen molar-refractivity contribution in [2.24, 2.45) is 0 Å². The molecule has 1 aliphatic rings. The average molecular weight is 367 g/mol. The number of piperazine rings is 1. The number of nitrogens with one attached hydrogen (secondary N) is 1. The van der Waals surface area contributed by atoms with Crippen LogP contribution in [0, 0.1) is 6.92 Å². The van der Waals surface area contributed by atoms with Gasteiger partial charge in [0, 0.05) is 38.9 Å². The number of rotatable bonds is 5. The van der Waals surface area contributed by atoms with E-state index < -0.39 is 0 Å². The number of amides is 2. The van der Waals surface area contributed by atoms with Crippen LogP contribution in [0.15, 0.2) is 42.9 Å². The van der Waals surface area contributed by atoms with E-state index in [9.17, 15) is 9.59 Å². The molecule has 142 valence electrons. The van der Waals surface area contributed by atoms with Crippen LogP contribution < -0.4 is 5.32 Å². The van der Waals surface area contributed by atoms with Crippen LogP contribution in [0.4, 0.5) is 0 Å². The maximum atomic E-state index is 12.5. The summed E-state index contributed by atoms with van der Waals surface area (Å²) in [6.45, 7) is 5.65. The summed E-state index contributed by atoms with van der Waals surface area (Å²) >= 11 is 0. The summed E-state index contributed by atoms with van der Waals surface area (Å²) in [5.41, 5.74) is 2.68. The summed E-state index contributed by atoms with van der Waals surface area (Å²) in [6, 6.07) is 9.64. The second-order valence-corrected chi connectivity index (χ2v) is 7.01. The zero-order valence-electron chi connectivity index (χ0n) is 15.9. The Morgan fingerprint density at radius 2 is 2.15 bits per heavy atom. The van der Waals surface area contributed by atoms with E-state index in [0.717, 1.165) is 5.56 Å². The highest BCUT2D eigenvalue weighted by atomic mass is 16.2. The van der Waals surface area contributed by atoms with Gasteiger partial charge in [0.15, 0.2) is 0 Å².